The molecule has 0 aromatic heterocycles. The van der Waals surface area contributed by atoms with Crippen LogP contribution in [0.1, 0.15) is 73.7 Å². The molecule has 11 heteroatoms. The highest BCUT2D eigenvalue weighted by Crippen LogP contribution is 2.22. The number of rotatable bonds is 13. The lowest BCUT2D eigenvalue weighted by Gasteiger charge is -2.19. The van der Waals surface area contributed by atoms with Crippen molar-refractivity contribution in [3.8, 4) is 5.75 Å². The molecule has 0 fully saturated rings. The van der Waals surface area contributed by atoms with Crippen LogP contribution in [0.25, 0.3) is 0 Å². The predicted molar refractivity (Wildman–Crippen MR) is 149 cm³/mol. The Morgan fingerprint density at radius 2 is 1.46 bits per heavy atom. The molecule has 0 spiro atoms. The highest BCUT2D eigenvalue weighted by Gasteiger charge is 2.25. The minimum Gasteiger partial charge on any atom is -0.482 e. The van der Waals surface area contributed by atoms with E-state index in [0.717, 1.165) is 0 Å². The summed E-state index contributed by atoms with van der Waals surface area (Å²) in [5.41, 5.74) is 0.280. The summed E-state index contributed by atoms with van der Waals surface area (Å²) < 4.78 is 20.3. The van der Waals surface area contributed by atoms with Crippen LogP contribution in [0.2, 0.25) is 0 Å². The van der Waals surface area contributed by atoms with Crippen molar-refractivity contribution >= 4 is 35.4 Å². The van der Waals surface area contributed by atoms with E-state index in [-0.39, 0.29) is 50.1 Å². The second kappa shape index (κ2) is 15.3. The molecule has 2 N–H and O–H groups in total. The van der Waals surface area contributed by atoms with E-state index in [4.69, 9.17) is 24.4 Å². The lowest BCUT2D eigenvalue weighted by atomic mass is 9.88. The minimum absolute atomic E-state index is 0.0355. The first-order chi connectivity index (χ1) is 19.3. The van der Waals surface area contributed by atoms with Gasteiger partial charge in [-0.2, -0.15) is 0 Å². The quantitative estimate of drug-likeness (QED) is 0.117. The van der Waals surface area contributed by atoms with Crippen molar-refractivity contribution < 1.29 is 42.9 Å². The van der Waals surface area contributed by atoms with E-state index in [9.17, 15) is 24.0 Å². The number of carbonyl (C=O) groups is 5. The van der Waals surface area contributed by atoms with E-state index >= 15 is 0 Å². The molecule has 0 aliphatic carbocycles. The zero-order valence-corrected chi connectivity index (χ0v) is 23.9. The van der Waals surface area contributed by atoms with E-state index in [1.807, 2.05) is 0 Å². The maximum Gasteiger partial charge on any atom is 0.413 e. The van der Waals surface area contributed by atoms with Crippen LogP contribution in [-0.4, -0.2) is 60.9 Å². The number of amides is 1. The number of esters is 2. The molecule has 2 aromatic carbocycles. The van der Waals surface area contributed by atoms with Crippen molar-refractivity contribution in [3.63, 3.8) is 0 Å². The fourth-order valence-corrected chi connectivity index (χ4v) is 3.61. The van der Waals surface area contributed by atoms with E-state index in [0.29, 0.717) is 22.4 Å². The van der Waals surface area contributed by atoms with Gasteiger partial charge in [0.1, 0.15) is 17.2 Å². The van der Waals surface area contributed by atoms with E-state index in [2.05, 4.69) is 5.32 Å². The fourth-order valence-electron chi connectivity index (χ4n) is 3.61. The Morgan fingerprint density at radius 3 is 2.02 bits per heavy atom. The molecule has 11 nitrogen and oxygen atoms in total. The first-order valence-corrected chi connectivity index (χ1v) is 13.1. The normalized spacial score (nSPS) is 11.5. The number of Topliss-reactive ketones (excluding diaryl/α,β-unsaturated/α-hetero) is 2. The molecule has 0 radical (unpaired) electrons. The highest BCUT2D eigenvalue weighted by molar-refractivity contribution is 6.06. The van der Waals surface area contributed by atoms with E-state index < -0.39 is 29.6 Å². The summed E-state index contributed by atoms with van der Waals surface area (Å²) in [6.45, 7) is 8.00. The number of nitrogens with one attached hydrogen (secondary N) is 2. The van der Waals surface area contributed by atoms with Crippen LogP contribution in [0, 0.1) is 11.3 Å². The number of carbonyl (C=O) groups excluding carboxylic acids is 5. The standard InChI is InChI=1S/C30H36N2O9/c1-6-38-26(35)18-40-24-13-11-21(12-14-24)27(36)23(15-16-39-19(2)33)17-25(34)20-7-9-22(10-8-20)28(31)32-29(37)41-30(3,4)5/h7-14,23H,6,15-18H2,1-5H3,(H2,31,32,37). The SMILES string of the molecule is CCOC(=O)COc1ccc(C(=O)C(CCOC(C)=O)CC(=O)c2ccc(C(=N)NC(=O)OC(C)(C)C)cc2)cc1. The molecule has 0 aliphatic heterocycles. The van der Waals surface area contributed by atoms with Crippen LogP contribution in [0.3, 0.4) is 0 Å². The Kier molecular flexibility index (Phi) is 12.2. The molecule has 2 rings (SSSR count). The van der Waals surface area contributed by atoms with Gasteiger partial charge in [-0.15, -0.1) is 0 Å². The summed E-state index contributed by atoms with van der Waals surface area (Å²) in [6, 6.07) is 12.2. The third-order valence-corrected chi connectivity index (χ3v) is 5.50. The van der Waals surface area contributed by atoms with Crippen LogP contribution in [0.5, 0.6) is 5.75 Å². The monoisotopic (exact) mass is 568 g/mol. The van der Waals surface area contributed by atoms with Crippen LogP contribution in [-0.2, 0) is 23.8 Å². The van der Waals surface area contributed by atoms with Crippen molar-refractivity contribution in [3.05, 3.63) is 65.2 Å². The molecular weight excluding hydrogens is 532 g/mol. The van der Waals surface area contributed by atoms with Gasteiger partial charge in [0.2, 0.25) is 0 Å². The maximum absolute atomic E-state index is 13.3. The van der Waals surface area contributed by atoms with Crippen molar-refractivity contribution in [1.82, 2.24) is 5.32 Å². The van der Waals surface area contributed by atoms with Gasteiger partial charge in [0.15, 0.2) is 18.2 Å². The molecular formula is C30H36N2O9. The zero-order valence-electron chi connectivity index (χ0n) is 23.9. The minimum atomic E-state index is -0.778. The summed E-state index contributed by atoms with van der Waals surface area (Å²) >= 11 is 0. The maximum atomic E-state index is 13.3. The molecule has 220 valence electrons. The van der Waals surface area contributed by atoms with Gasteiger partial charge in [-0.1, -0.05) is 24.3 Å². The third-order valence-electron chi connectivity index (χ3n) is 5.50. The number of benzene rings is 2. The number of hydrogen-bond acceptors (Lipinski definition) is 10. The molecule has 0 saturated heterocycles. The van der Waals surface area contributed by atoms with E-state index in [1.165, 1.54) is 55.5 Å². The molecule has 1 unspecified atom stereocenters. The number of alkyl carbamates (subject to hydrolysis) is 1. The molecule has 0 aliphatic rings. The molecule has 2 aromatic rings. The average molecular weight is 569 g/mol. The Labute approximate surface area is 239 Å². The molecule has 1 atom stereocenters. The fraction of sp³-hybridized carbons (Fsp3) is 0.400. The average Bonchev–Trinajstić information content (AvgIpc) is 2.90. The van der Waals surface area contributed by atoms with Gasteiger partial charge in [0.05, 0.1) is 13.2 Å². The van der Waals surface area contributed by atoms with Gasteiger partial charge in [0, 0.05) is 36.0 Å². The Bertz CT molecular complexity index is 1250. The van der Waals surface area contributed by atoms with Gasteiger partial charge in [-0.05, 0) is 58.4 Å². The summed E-state index contributed by atoms with van der Waals surface area (Å²) in [5, 5.41) is 10.4. The Hall–Kier alpha value is -4.54. The Balaban J connectivity index is 2.09. The smallest absolute Gasteiger partial charge is 0.413 e. The number of ketones is 2. The first-order valence-electron chi connectivity index (χ1n) is 13.1. The summed E-state index contributed by atoms with van der Waals surface area (Å²) in [6.07, 6.45) is -0.780. The molecule has 1 amide bonds. The molecule has 41 heavy (non-hydrogen) atoms. The van der Waals surface area contributed by atoms with Crippen molar-refractivity contribution in [1.29, 1.82) is 5.41 Å². The summed E-state index contributed by atoms with van der Waals surface area (Å²) in [4.78, 5) is 61.1. The van der Waals surface area contributed by atoms with Crippen LogP contribution in [0.15, 0.2) is 48.5 Å². The van der Waals surface area contributed by atoms with Crippen molar-refractivity contribution in [2.45, 2.75) is 53.1 Å². The largest absolute Gasteiger partial charge is 0.482 e. The Morgan fingerprint density at radius 1 is 0.878 bits per heavy atom. The lowest BCUT2D eigenvalue weighted by molar-refractivity contribution is -0.145. The van der Waals surface area contributed by atoms with Crippen molar-refractivity contribution in [2.24, 2.45) is 5.92 Å². The molecule has 0 heterocycles. The van der Waals surface area contributed by atoms with Gasteiger partial charge < -0.3 is 18.9 Å². The van der Waals surface area contributed by atoms with E-state index in [1.54, 1.807) is 27.7 Å². The van der Waals surface area contributed by atoms with Gasteiger partial charge in [-0.3, -0.25) is 25.1 Å². The number of amidine groups is 1. The van der Waals surface area contributed by atoms with Crippen LogP contribution >= 0.6 is 0 Å². The van der Waals surface area contributed by atoms with Gasteiger partial charge in [0.25, 0.3) is 0 Å². The highest BCUT2D eigenvalue weighted by atomic mass is 16.6. The van der Waals surface area contributed by atoms with Crippen molar-refractivity contribution in [2.75, 3.05) is 19.8 Å². The zero-order chi connectivity index (χ0) is 30.6. The van der Waals surface area contributed by atoms with Crippen LogP contribution in [0.4, 0.5) is 4.79 Å². The first kappa shape index (κ1) is 32.7. The second-order valence-electron chi connectivity index (χ2n) is 10.0. The number of hydrogen-bond donors (Lipinski definition) is 2. The van der Waals surface area contributed by atoms with Gasteiger partial charge in [-0.25, -0.2) is 9.59 Å². The molecule has 0 saturated carbocycles. The second-order valence-corrected chi connectivity index (χ2v) is 10.0. The number of ether oxygens (including phenoxy) is 4. The topological polar surface area (TPSA) is 158 Å². The van der Waals surface area contributed by atoms with Crippen LogP contribution < -0.4 is 10.1 Å². The lowest BCUT2D eigenvalue weighted by Crippen LogP contribution is -2.36. The molecule has 0 bridgehead atoms. The summed E-state index contributed by atoms with van der Waals surface area (Å²) in [5.74, 6) is -2.25. The predicted octanol–water partition coefficient (Wildman–Crippen LogP) is 4.50. The third kappa shape index (κ3) is 11.6. The van der Waals surface area contributed by atoms with Gasteiger partial charge >= 0.3 is 18.0 Å². The summed E-state index contributed by atoms with van der Waals surface area (Å²) in [7, 11) is 0.